The van der Waals surface area contributed by atoms with Gasteiger partial charge in [-0.05, 0) is 12.3 Å². The van der Waals surface area contributed by atoms with E-state index in [2.05, 4.69) is 13.8 Å². The van der Waals surface area contributed by atoms with Crippen LogP contribution in [-0.2, 0) is 9.59 Å². The predicted molar refractivity (Wildman–Crippen MR) is 57.3 cm³/mol. The summed E-state index contributed by atoms with van der Waals surface area (Å²) in [6.07, 6.45) is 0.576. The second-order valence-electron chi connectivity index (χ2n) is 4.15. The summed E-state index contributed by atoms with van der Waals surface area (Å²) < 4.78 is 0. The van der Waals surface area contributed by atoms with Crippen molar-refractivity contribution in [2.75, 3.05) is 13.6 Å². The Morgan fingerprint density at radius 1 is 1.40 bits per heavy atom. The number of likely N-dealkylation sites (N-methyl/N-ethyl adjacent to an activating group) is 1. The molecule has 3 N–H and O–H groups in total. The summed E-state index contributed by atoms with van der Waals surface area (Å²) in [6, 6.07) is -0.931. The van der Waals surface area contributed by atoms with Gasteiger partial charge in [0.1, 0.15) is 0 Å². The van der Waals surface area contributed by atoms with Crippen molar-refractivity contribution in [3.8, 4) is 0 Å². The first-order chi connectivity index (χ1) is 6.84. The minimum atomic E-state index is -1.05. The summed E-state index contributed by atoms with van der Waals surface area (Å²) in [4.78, 5) is 23.4. The molecule has 0 saturated heterocycles. The lowest BCUT2D eigenvalue weighted by Gasteiger charge is -2.21. The molecule has 0 aliphatic rings. The monoisotopic (exact) mass is 216 g/mol. The molecule has 1 amide bonds. The normalized spacial score (nSPS) is 12.6. The van der Waals surface area contributed by atoms with E-state index in [0.29, 0.717) is 12.5 Å². The van der Waals surface area contributed by atoms with Crippen LogP contribution < -0.4 is 5.73 Å². The van der Waals surface area contributed by atoms with E-state index in [9.17, 15) is 9.59 Å². The second kappa shape index (κ2) is 6.40. The molecule has 0 fully saturated rings. The van der Waals surface area contributed by atoms with Crippen LogP contribution in [0.1, 0.15) is 26.7 Å². The van der Waals surface area contributed by atoms with Crippen LogP contribution in [0.3, 0.4) is 0 Å². The summed E-state index contributed by atoms with van der Waals surface area (Å²) in [5, 5.41) is 8.48. The standard InChI is InChI=1S/C10H20N2O3/c1-7(2)4-5-12(3)10(15)8(11)6-9(13)14/h7-8H,4-6,11H2,1-3H3,(H,13,14). The van der Waals surface area contributed by atoms with Crippen LogP contribution >= 0.6 is 0 Å². The van der Waals surface area contributed by atoms with Crippen LogP contribution in [0.15, 0.2) is 0 Å². The molecule has 0 rings (SSSR count). The van der Waals surface area contributed by atoms with Crippen molar-refractivity contribution in [1.29, 1.82) is 0 Å². The molecule has 5 heteroatoms. The molecule has 0 saturated carbocycles. The van der Waals surface area contributed by atoms with Gasteiger partial charge in [0.2, 0.25) is 5.91 Å². The van der Waals surface area contributed by atoms with Crippen LogP contribution in [0.4, 0.5) is 0 Å². The molecule has 0 aromatic carbocycles. The number of carbonyl (C=O) groups is 2. The van der Waals surface area contributed by atoms with E-state index in [4.69, 9.17) is 10.8 Å². The fraction of sp³-hybridized carbons (Fsp3) is 0.800. The number of carboxylic acids is 1. The largest absolute Gasteiger partial charge is 0.481 e. The zero-order valence-electron chi connectivity index (χ0n) is 9.56. The van der Waals surface area contributed by atoms with Gasteiger partial charge in [-0.2, -0.15) is 0 Å². The third-order valence-electron chi connectivity index (χ3n) is 2.13. The molecule has 0 radical (unpaired) electrons. The van der Waals surface area contributed by atoms with Crippen molar-refractivity contribution in [2.24, 2.45) is 11.7 Å². The quantitative estimate of drug-likeness (QED) is 0.668. The molecule has 0 aromatic heterocycles. The summed E-state index contributed by atoms with van der Waals surface area (Å²) in [7, 11) is 1.65. The van der Waals surface area contributed by atoms with E-state index < -0.39 is 12.0 Å². The zero-order valence-corrected chi connectivity index (χ0v) is 9.56. The van der Waals surface area contributed by atoms with E-state index in [1.807, 2.05) is 0 Å². The summed E-state index contributed by atoms with van der Waals surface area (Å²) in [5.74, 6) is -0.845. The average Bonchev–Trinajstić information content (AvgIpc) is 2.11. The van der Waals surface area contributed by atoms with E-state index in [1.54, 1.807) is 7.05 Å². The summed E-state index contributed by atoms with van der Waals surface area (Å²) in [5.41, 5.74) is 5.45. The van der Waals surface area contributed by atoms with Crippen molar-refractivity contribution in [1.82, 2.24) is 4.90 Å². The number of hydrogen-bond donors (Lipinski definition) is 2. The van der Waals surface area contributed by atoms with Gasteiger partial charge >= 0.3 is 5.97 Å². The highest BCUT2D eigenvalue weighted by atomic mass is 16.4. The van der Waals surface area contributed by atoms with Gasteiger partial charge in [0.25, 0.3) is 0 Å². The first kappa shape index (κ1) is 13.9. The number of carbonyl (C=O) groups excluding carboxylic acids is 1. The lowest BCUT2D eigenvalue weighted by atomic mass is 10.1. The Hall–Kier alpha value is -1.10. The van der Waals surface area contributed by atoms with Gasteiger partial charge in [0.15, 0.2) is 0 Å². The fourth-order valence-corrected chi connectivity index (χ4v) is 1.12. The number of aliphatic carboxylic acids is 1. The summed E-state index contributed by atoms with van der Waals surface area (Å²) in [6.45, 7) is 4.74. The molecule has 0 aliphatic heterocycles. The Kier molecular flexibility index (Phi) is 5.93. The highest BCUT2D eigenvalue weighted by Crippen LogP contribution is 2.02. The number of amides is 1. The minimum absolute atomic E-state index is 0.307. The van der Waals surface area contributed by atoms with Gasteiger partial charge < -0.3 is 15.7 Å². The van der Waals surface area contributed by atoms with Gasteiger partial charge in [-0.3, -0.25) is 9.59 Å². The van der Waals surface area contributed by atoms with Gasteiger partial charge in [0.05, 0.1) is 12.5 Å². The van der Waals surface area contributed by atoms with E-state index in [0.717, 1.165) is 6.42 Å². The zero-order chi connectivity index (χ0) is 12.0. The molecule has 15 heavy (non-hydrogen) atoms. The number of carboxylic acid groups (broad SMARTS) is 1. The smallest absolute Gasteiger partial charge is 0.305 e. The lowest BCUT2D eigenvalue weighted by molar-refractivity contribution is -0.141. The molecule has 0 aliphatic carbocycles. The van der Waals surface area contributed by atoms with Crippen molar-refractivity contribution in [3.63, 3.8) is 0 Å². The fourth-order valence-electron chi connectivity index (χ4n) is 1.12. The second-order valence-corrected chi connectivity index (χ2v) is 4.15. The number of hydrogen-bond acceptors (Lipinski definition) is 3. The van der Waals surface area contributed by atoms with Gasteiger partial charge in [-0.1, -0.05) is 13.8 Å². The Labute approximate surface area is 90.2 Å². The Morgan fingerprint density at radius 3 is 2.33 bits per heavy atom. The SMILES string of the molecule is CC(C)CCN(C)C(=O)C(N)CC(=O)O. The first-order valence-electron chi connectivity index (χ1n) is 5.07. The highest BCUT2D eigenvalue weighted by molar-refractivity contribution is 5.85. The maximum atomic E-state index is 11.5. The van der Waals surface area contributed by atoms with Crippen LogP contribution in [0.5, 0.6) is 0 Å². The van der Waals surface area contributed by atoms with Gasteiger partial charge in [0, 0.05) is 13.6 Å². The molecular formula is C10H20N2O3. The predicted octanol–water partition coefficient (Wildman–Crippen LogP) is 0.293. The van der Waals surface area contributed by atoms with Crippen molar-refractivity contribution in [2.45, 2.75) is 32.7 Å². The maximum absolute atomic E-state index is 11.5. The molecule has 1 atom stereocenters. The maximum Gasteiger partial charge on any atom is 0.305 e. The minimum Gasteiger partial charge on any atom is -0.481 e. The van der Waals surface area contributed by atoms with Crippen molar-refractivity contribution >= 4 is 11.9 Å². The Morgan fingerprint density at radius 2 is 1.93 bits per heavy atom. The summed E-state index contributed by atoms with van der Waals surface area (Å²) >= 11 is 0. The molecule has 0 heterocycles. The average molecular weight is 216 g/mol. The van der Waals surface area contributed by atoms with Crippen molar-refractivity contribution in [3.05, 3.63) is 0 Å². The third-order valence-corrected chi connectivity index (χ3v) is 2.13. The molecule has 0 bridgehead atoms. The lowest BCUT2D eigenvalue weighted by Crippen LogP contribution is -2.43. The molecular weight excluding hydrogens is 196 g/mol. The Bertz CT molecular complexity index is 229. The van der Waals surface area contributed by atoms with Crippen LogP contribution in [0.2, 0.25) is 0 Å². The number of rotatable bonds is 6. The van der Waals surface area contributed by atoms with Crippen LogP contribution in [0, 0.1) is 5.92 Å². The van der Waals surface area contributed by atoms with Crippen molar-refractivity contribution < 1.29 is 14.7 Å². The molecule has 88 valence electrons. The Balaban J connectivity index is 4.01. The van der Waals surface area contributed by atoms with E-state index in [1.165, 1.54) is 4.90 Å². The van der Waals surface area contributed by atoms with Gasteiger partial charge in [-0.15, -0.1) is 0 Å². The molecule has 5 nitrogen and oxygen atoms in total. The number of nitrogens with zero attached hydrogens (tertiary/aromatic N) is 1. The number of nitrogens with two attached hydrogens (primary N) is 1. The van der Waals surface area contributed by atoms with E-state index >= 15 is 0 Å². The first-order valence-corrected chi connectivity index (χ1v) is 5.07. The van der Waals surface area contributed by atoms with Crippen LogP contribution in [0.25, 0.3) is 0 Å². The van der Waals surface area contributed by atoms with Crippen LogP contribution in [-0.4, -0.2) is 41.5 Å². The molecule has 0 aromatic rings. The third kappa shape index (κ3) is 6.06. The van der Waals surface area contributed by atoms with E-state index in [-0.39, 0.29) is 12.3 Å². The highest BCUT2D eigenvalue weighted by Gasteiger charge is 2.20. The molecule has 1 unspecified atom stereocenters. The molecule has 0 spiro atoms. The topological polar surface area (TPSA) is 83.6 Å². The van der Waals surface area contributed by atoms with Gasteiger partial charge in [-0.25, -0.2) is 0 Å².